The topological polar surface area (TPSA) is 116 Å². The molecule has 1 amide bonds. The number of carbonyl (C=O) groups is 2. The van der Waals surface area contributed by atoms with Crippen molar-refractivity contribution < 1.29 is 33.0 Å². The van der Waals surface area contributed by atoms with Crippen molar-refractivity contribution >= 4 is 12.1 Å². The molecule has 190 valence electrons. The molecule has 2 aromatic heterocycles. The summed E-state index contributed by atoms with van der Waals surface area (Å²) in [6.45, 7) is -0.198. The fourth-order valence-electron chi connectivity index (χ4n) is 4.21. The Morgan fingerprint density at radius 1 is 1.17 bits per heavy atom. The van der Waals surface area contributed by atoms with Crippen LogP contribution in [-0.4, -0.2) is 38.0 Å². The second-order valence-corrected chi connectivity index (χ2v) is 8.66. The number of alkyl carbamates (subject to hydrolysis) is 1. The molecule has 2 atom stereocenters. The summed E-state index contributed by atoms with van der Waals surface area (Å²) in [6.07, 6.45) is 5.03. The van der Waals surface area contributed by atoms with Crippen molar-refractivity contribution in [2.75, 3.05) is 0 Å². The van der Waals surface area contributed by atoms with Crippen molar-refractivity contribution in [2.45, 2.75) is 44.9 Å². The quantitative estimate of drug-likeness (QED) is 0.476. The summed E-state index contributed by atoms with van der Waals surface area (Å²) < 4.78 is 39.2. The van der Waals surface area contributed by atoms with Crippen LogP contribution in [0.5, 0.6) is 5.75 Å². The number of aromatic nitrogens is 3. The Labute approximate surface area is 206 Å². The van der Waals surface area contributed by atoms with Gasteiger partial charge in [-0.1, -0.05) is 0 Å². The van der Waals surface area contributed by atoms with Gasteiger partial charge in [0.2, 0.25) is 0 Å². The van der Waals surface area contributed by atoms with E-state index in [1.165, 1.54) is 0 Å². The number of aryl methyl sites for hydroxylation is 1. The van der Waals surface area contributed by atoms with Gasteiger partial charge in [0.15, 0.2) is 0 Å². The van der Waals surface area contributed by atoms with Gasteiger partial charge in [-0.3, -0.25) is 14.5 Å². The Bertz CT molecular complexity index is 1210. The molecule has 0 unspecified atom stereocenters. The molecular formula is C25H26F2N4O5. The number of ether oxygens (including phenoxy) is 2. The molecule has 0 bridgehead atoms. The molecule has 0 radical (unpaired) electrons. The van der Waals surface area contributed by atoms with Gasteiger partial charge in [0, 0.05) is 18.7 Å². The van der Waals surface area contributed by atoms with Gasteiger partial charge >= 0.3 is 12.1 Å². The summed E-state index contributed by atoms with van der Waals surface area (Å²) in [5.41, 5.74) is 2.17. The van der Waals surface area contributed by atoms with Crippen molar-refractivity contribution in [3.63, 3.8) is 0 Å². The number of halogens is 2. The molecule has 1 fully saturated rings. The third-order valence-electron chi connectivity index (χ3n) is 6.04. The Morgan fingerprint density at radius 2 is 1.94 bits per heavy atom. The maximum Gasteiger partial charge on any atom is 0.407 e. The predicted octanol–water partition coefficient (Wildman–Crippen LogP) is 4.21. The highest BCUT2D eigenvalue weighted by Crippen LogP contribution is 2.29. The number of hydrogen-bond acceptors (Lipinski definition) is 6. The van der Waals surface area contributed by atoms with Crippen molar-refractivity contribution in [3.05, 3.63) is 65.6 Å². The molecule has 4 rings (SSSR count). The number of carbonyl (C=O) groups excluding carboxylic acids is 1. The lowest BCUT2D eigenvalue weighted by Gasteiger charge is -2.27. The van der Waals surface area contributed by atoms with Gasteiger partial charge in [-0.25, -0.2) is 13.6 Å². The first-order valence-corrected chi connectivity index (χ1v) is 11.5. The minimum Gasteiger partial charge on any atom is -0.489 e. The van der Waals surface area contributed by atoms with Gasteiger partial charge in [0.25, 0.3) is 0 Å². The van der Waals surface area contributed by atoms with Crippen LogP contribution in [-0.2, 0) is 29.7 Å². The van der Waals surface area contributed by atoms with E-state index in [0.29, 0.717) is 35.5 Å². The average Bonchev–Trinajstić information content (AvgIpc) is 3.21. The smallest absolute Gasteiger partial charge is 0.407 e. The van der Waals surface area contributed by atoms with Crippen molar-refractivity contribution in [2.24, 2.45) is 13.0 Å². The first kappa shape index (κ1) is 25.1. The van der Waals surface area contributed by atoms with E-state index in [1.54, 1.807) is 36.3 Å². The van der Waals surface area contributed by atoms with Crippen LogP contribution in [0.2, 0.25) is 0 Å². The van der Waals surface area contributed by atoms with Crippen LogP contribution in [0.15, 0.2) is 42.7 Å². The monoisotopic (exact) mass is 500 g/mol. The molecule has 1 aromatic carbocycles. The summed E-state index contributed by atoms with van der Waals surface area (Å²) in [6, 6.07) is 6.46. The Balaban J connectivity index is 1.34. The van der Waals surface area contributed by atoms with Gasteiger partial charge in [0.05, 0.1) is 42.3 Å². The zero-order valence-electron chi connectivity index (χ0n) is 19.6. The second-order valence-electron chi connectivity index (χ2n) is 8.66. The van der Waals surface area contributed by atoms with Gasteiger partial charge in [0.1, 0.15) is 24.0 Å². The van der Waals surface area contributed by atoms with E-state index in [1.807, 2.05) is 0 Å². The first-order chi connectivity index (χ1) is 17.3. The molecule has 2 heterocycles. The lowest BCUT2D eigenvalue weighted by Crippen LogP contribution is -2.29. The molecule has 36 heavy (non-hydrogen) atoms. The van der Waals surface area contributed by atoms with Crippen LogP contribution in [0.1, 0.15) is 36.9 Å². The number of carboxylic acids is 1. The number of nitrogens with zero attached hydrogens (tertiary/aromatic N) is 3. The molecule has 0 spiro atoms. The predicted molar refractivity (Wildman–Crippen MR) is 124 cm³/mol. The molecule has 1 aliphatic rings. The maximum absolute atomic E-state index is 13.3. The number of rotatable bonds is 8. The van der Waals surface area contributed by atoms with E-state index >= 15 is 0 Å². The van der Waals surface area contributed by atoms with Crippen LogP contribution in [0.25, 0.3) is 11.3 Å². The zero-order valence-corrected chi connectivity index (χ0v) is 19.6. The Morgan fingerprint density at radius 3 is 2.64 bits per heavy atom. The number of hydrogen-bond donors (Lipinski definition) is 2. The third-order valence-corrected chi connectivity index (χ3v) is 6.04. The summed E-state index contributed by atoms with van der Waals surface area (Å²) in [5.74, 6) is -2.12. The molecule has 9 nitrogen and oxygen atoms in total. The van der Waals surface area contributed by atoms with Gasteiger partial charge in [-0.05, 0) is 55.5 Å². The third kappa shape index (κ3) is 6.35. The lowest BCUT2D eigenvalue weighted by atomic mass is 9.87. The van der Waals surface area contributed by atoms with E-state index < -0.39 is 23.7 Å². The molecule has 0 saturated heterocycles. The minimum atomic E-state index is -0.791. The average molecular weight is 501 g/mol. The number of carboxylic acid groups (broad SMARTS) is 1. The molecular weight excluding hydrogens is 474 g/mol. The SMILES string of the molecule is Cn1ncc(-c2ccc(O[C@H]3CCC[C@H](C(=O)O)C3)cn2)c1CNC(=O)OCc1cc(F)cc(F)c1. The van der Waals surface area contributed by atoms with Crippen LogP contribution < -0.4 is 10.1 Å². The molecule has 1 saturated carbocycles. The van der Waals surface area contributed by atoms with E-state index in [2.05, 4.69) is 15.4 Å². The number of nitrogens with one attached hydrogen (secondary N) is 1. The fourth-order valence-corrected chi connectivity index (χ4v) is 4.21. The molecule has 1 aliphatic carbocycles. The van der Waals surface area contributed by atoms with Crippen LogP contribution >= 0.6 is 0 Å². The van der Waals surface area contributed by atoms with E-state index in [0.717, 1.165) is 31.0 Å². The molecule has 11 heteroatoms. The molecule has 3 aromatic rings. The summed E-state index contributed by atoms with van der Waals surface area (Å²) in [7, 11) is 1.72. The van der Waals surface area contributed by atoms with E-state index in [9.17, 15) is 23.5 Å². The van der Waals surface area contributed by atoms with Crippen LogP contribution in [0, 0.1) is 17.6 Å². The van der Waals surface area contributed by atoms with Crippen molar-refractivity contribution in [1.82, 2.24) is 20.1 Å². The van der Waals surface area contributed by atoms with Crippen LogP contribution in [0.3, 0.4) is 0 Å². The molecule has 2 N–H and O–H groups in total. The second kappa shape index (κ2) is 11.1. The van der Waals surface area contributed by atoms with Crippen LogP contribution in [0.4, 0.5) is 13.6 Å². The highest BCUT2D eigenvalue weighted by molar-refractivity contribution is 5.70. The van der Waals surface area contributed by atoms with E-state index in [4.69, 9.17) is 9.47 Å². The lowest BCUT2D eigenvalue weighted by molar-refractivity contribution is -0.143. The Kier molecular flexibility index (Phi) is 7.77. The summed E-state index contributed by atoms with van der Waals surface area (Å²) >= 11 is 0. The highest BCUT2D eigenvalue weighted by Gasteiger charge is 2.28. The fraction of sp³-hybridized carbons (Fsp3) is 0.360. The standard InChI is InChI=1S/C25H26F2N4O5/c1-31-23(13-29-25(34)35-14-15-7-17(26)10-18(27)8-15)21(12-30-31)22-6-5-20(11-28-22)36-19-4-2-3-16(9-19)24(32)33/h5-8,10-12,16,19H,2-4,9,13-14H2,1H3,(H,29,34)(H,32,33)/t16-,19-/m0/s1. The maximum atomic E-state index is 13.3. The van der Waals surface area contributed by atoms with Crippen molar-refractivity contribution in [3.8, 4) is 17.0 Å². The van der Waals surface area contributed by atoms with Gasteiger partial charge in [-0.2, -0.15) is 5.10 Å². The highest BCUT2D eigenvalue weighted by atomic mass is 19.1. The number of pyridine rings is 1. The number of benzene rings is 1. The van der Waals surface area contributed by atoms with E-state index in [-0.39, 0.29) is 30.7 Å². The normalized spacial score (nSPS) is 17.4. The number of aliphatic carboxylic acids is 1. The zero-order chi connectivity index (χ0) is 25.7. The minimum absolute atomic E-state index is 0.0841. The Hall–Kier alpha value is -4.02. The summed E-state index contributed by atoms with van der Waals surface area (Å²) in [5, 5.41) is 16.1. The first-order valence-electron chi connectivity index (χ1n) is 11.5. The largest absolute Gasteiger partial charge is 0.489 e. The molecule has 0 aliphatic heterocycles. The van der Waals surface area contributed by atoms with Crippen molar-refractivity contribution in [1.29, 1.82) is 0 Å². The summed E-state index contributed by atoms with van der Waals surface area (Å²) in [4.78, 5) is 27.8. The van der Waals surface area contributed by atoms with Gasteiger partial charge < -0.3 is 19.9 Å². The number of amides is 1. The van der Waals surface area contributed by atoms with Gasteiger partial charge in [-0.15, -0.1) is 0 Å².